The molecule has 0 fully saturated rings. The minimum absolute atomic E-state index is 0.623. The Morgan fingerprint density at radius 1 is 1.43 bits per heavy atom. The van der Waals surface area contributed by atoms with Gasteiger partial charge in [0.25, 0.3) is 0 Å². The number of nitrogens with zero attached hydrogens (tertiary/aromatic N) is 1. The minimum atomic E-state index is 0.623. The van der Waals surface area contributed by atoms with E-state index in [1.807, 2.05) is 31.1 Å². The van der Waals surface area contributed by atoms with Crippen molar-refractivity contribution in [3.05, 3.63) is 41.1 Å². The third-order valence-electron chi connectivity index (χ3n) is 1.68. The van der Waals surface area contributed by atoms with E-state index < -0.39 is 0 Å². The van der Waals surface area contributed by atoms with Crippen molar-refractivity contribution in [2.75, 3.05) is 14.1 Å². The number of hydrogen-bond donors (Lipinski definition) is 0. The Morgan fingerprint density at radius 3 is 2.64 bits per heavy atom. The van der Waals surface area contributed by atoms with Gasteiger partial charge < -0.3 is 4.90 Å². The molecule has 1 aromatic carbocycles. The Kier molecular flexibility index (Phi) is 3.72. The number of carbonyl (C=O) groups excluding carboxylic acids is 1. The number of allylic oxidation sites excluding steroid dienone is 1. The van der Waals surface area contributed by atoms with Crippen LogP contribution in [0.3, 0.4) is 0 Å². The number of benzene rings is 1. The summed E-state index contributed by atoms with van der Waals surface area (Å²) in [6.07, 6.45) is 2.59. The van der Waals surface area contributed by atoms with E-state index in [0.29, 0.717) is 10.6 Å². The third kappa shape index (κ3) is 2.89. The van der Waals surface area contributed by atoms with Crippen LogP contribution in [0, 0.1) is 0 Å². The van der Waals surface area contributed by atoms with Crippen LogP contribution in [0.2, 0.25) is 5.02 Å². The van der Waals surface area contributed by atoms with E-state index in [2.05, 4.69) is 0 Å². The molecule has 0 unspecified atom stereocenters. The Balaban J connectivity index is 3.07. The summed E-state index contributed by atoms with van der Waals surface area (Å²) in [6.45, 7) is 0. The minimum Gasteiger partial charge on any atom is -0.383 e. The lowest BCUT2D eigenvalue weighted by Gasteiger charge is -2.07. The maximum absolute atomic E-state index is 10.8. The largest absolute Gasteiger partial charge is 0.383 e. The van der Waals surface area contributed by atoms with Crippen LogP contribution in [0.4, 0.5) is 0 Å². The van der Waals surface area contributed by atoms with E-state index in [4.69, 9.17) is 11.6 Å². The van der Waals surface area contributed by atoms with Gasteiger partial charge in [0.05, 0.1) is 0 Å². The summed E-state index contributed by atoms with van der Waals surface area (Å²) in [5.41, 5.74) is 1.46. The summed E-state index contributed by atoms with van der Waals surface area (Å²) in [5, 5.41) is 0.633. The summed E-state index contributed by atoms with van der Waals surface area (Å²) >= 11 is 5.83. The molecule has 0 aliphatic rings. The summed E-state index contributed by atoms with van der Waals surface area (Å²) in [5.74, 6) is 0. The normalized spacial score (nSPS) is 11.2. The molecular formula is C11H12ClNO. The molecule has 0 bridgehead atoms. The van der Waals surface area contributed by atoms with E-state index >= 15 is 0 Å². The number of hydrogen-bond acceptors (Lipinski definition) is 2. The standard InChI is InChI=1S/C11H12ClNO/c1-13(2)7-10(8-14)9-4-3-5-11(12)6-9/h3-8H,1-2H3/b10-7+. The van der Waals surface area contributed by atoms with Crippen molar-refractivity contribution in [3.8, 4) is 0 Å². The quantitative estimate of drug-likeness (QED) is 0.563. The Bertz CT molecular complexity index is 358. The zero-order valence-electron chi connectivity index (χ0n) is 8.20. The number of rotatable bonds is 3. The number of aldehydes is 1. The van der Waals surface area contributed by atoms with Crippen LogP contribution >= 0.6 is 11.6 Å². The third-order valence-corrected chi connectivity index (χ3v) is 1.92. The van der Waals surface area contributed by atoms with E-state index in [1.54, 1.807) is 18.3 Å². The summed E-state index contributed by atoms with van der Waals surface area (Å²) < 4.78 is 0. The first kappa shape index (κ1) is 10.8. The van der Waals surface area contributed by atoms with E-state index in [1.165, 1.54) is 0 Å². The van der Waals surface area contributed by atoms with Gasteiger partial charge in [-0.05, 0) is 17.7 Å². The molecule has 14 heavy (non-hydrogen) atoms. The molecule has 74 valence electrons. The second-order valence-electron chi connectivity index (χ2n) is 3.18. The predicted molar refractivity (Wildman–Crippen MR) is 59.2 cm³/mol. The van der Waals surface area contributed by atoms with Crippen LogP contribution in [0.5, 0.6) is 0 Å². The highest BCUT2D eigenvalue weighted by atomic mass is 35.5. The first-order valence-electron chi connectivity index (χ1n) is 4.23. The Labute approximate surface area is 88.8 Å². The van der Waals surface area contributed by atoms with Crippen molar-refractivity contribution in [2.45, 2.75) is 0 Å². The van der Waals surface area contributed by atoms with Gasteiger partial charge in [-0.3, -0.25) is 4.79 Å². The maximum atomic E-state index is 10.8. The van der Waals surface area contributed by atoms with Crippen LogP contribution in [-0.2, 0) is 4.79 Å². The smallest absolute Gasteiger partial charge is 0.152 e. The fraction of sp³-hybridized carbons (Fsp3) is 0.182. The van der Waals surface area contributed by atoms with Crippen LogP contribution in [0.15, 0.2) is 30.5 Å². The van der Waals surface area contributed by atoms with Crippen molar-refractivity contribution >= 4 is 23.5 Å². The lowest BCUT2D eigenvalue weighted by Crippen LogP contribution is -2.03. The average Bonchev–Trinajstić information content (AvgIpc) is 2.14. The SMILES string of the molecule is CN(C)/C=C(\C=O)c1cccc(Cl)c1. The van der Waals surface area contributed by atoms with Crippen molar-refractivity contribution in [1.29, 1.82) is 0 Å². The molecule has 1 rings (SSSR count). The van der Waals surface area contributed by atoms with Gasteiger partial charge in [0, 0.05) is 30.9 Å². The second-order valence-corrected chi connectivity index (χ2v) is 3.61. The molecule has 0 N–H and O–H groups in total. The zero-order valence-corrected chi connectivity index (χ0v) is 8.95. The van der Waals surface area contributed by atoms with Gasteiger partial charge in [-0.15, -0.1) is 0 Å². The first-order valence-corrected chi connectivity index (χ1v) is 4.60. The predicted octanol–water partition coefficient (Wildman–Crippen LogP) is 2.44. The molecule has 0 saturated carbocycles. The zero-order chi connectivity index (χ0) is 10.6. The molecule has 0 amide bonds. The van der Waals surface area contributed by atoms with Crippen molar-refractivity contribution in [3.63, 3.8) is 0 Å². The molecular weight excluding hydrogens is 198 g/mol. The average molecular weight is 210 g/mol. The first-order chi connectivity index (χ1) is 6.63. The summed E-state index contributed by atoms with van der Waals surface area (Å²) in [4.78, 5) is 12.6. The summed E-state index contributed by atoms with van der Waals surface area (Å²) in [7, 11) is 3.74. The molecule has 0 spiro atoms. The van der Waals surface area contributed by atoms with E-state index in [-0.39, 0.29) is 0 Å². The van der Waals surface area contributed by atoms with Gasteiger partial charge in [0.1, 0.15) is 0 Å². The van der Waals surface area contributed by atoms with Crippen molar-refractivity contribution in [1.82, 2.24) is 4.90 Å². The fourth-order valence-corrected chi connectivity index (χ4v) is 1.31. The molecule has 0 atom stereocenters. The monoisotopic (exact) mass is 209 g/mol. The Hall–Kier alpha value is -1.28. The molecule has 0 saturated heterocycles. The molecule has 2 nitrogen and oxygen atoms in total. The van der Waals surface area contributed by atoms with E-state index in [9.17, 15) is 4.79 Å². The van der Waals surface area contributed by atoms with Crippen LogP contribution in [-0.4, -0.2) is 25.3 Å². The van der Waals surface area contributed by atoms with Crippen LogP contribution < -0.4 is 0 Å². The van der Waals surface area contributed by atoms with Crippen molar-refractivity contribution in [2.24, 2.45) is 0 Å². The topological polar surface area (TPSA) is 20.3 Å². The highest BCUT2D eigenvalue weighted by molar-refractivity contribution is 6.30. The van der Waals surface area contributed by atoms with Gasteiger partial charge in [-0.1, -0.05) is 23.7 Å². The molecule has 0 heterocycles. The van der Waals surface area contributed by atoms with E-state index in [0.717, 1.165) is 11.8 Å². The van der Waals surface area contributed by atoms with Gasteiger partial charge in [0.2, 0.25) is 0 Å². The van der Waals surface area contributed by atoms with Gasteiger partial charge >= 0.3 is 0 Å². The Morgan fingerprint density at radius 2 is 2.14 bits per heavy atom. The molecule has 0 aliphatic heterocycles. The van der Waals surface area contributed by atoms with Gasteiger partial charge in [0.15, 0.2) is 6.29 Å². The van der Waals surface area contributed by atoms with Gasteiger partial charge in [-0.2, -0.15) is 0 Å². The van der Waals surface area contributed by atoms with Crippen molar-refractivity contribution < 1.29 is 4.79 Å². The number of carbonyl (C=O) groups is 1. The lowest BCUT2D eigenvalue weighted by molar-refractivity contribution is -0.103. The molecule has 0 aromatic heterocycles. The second kappa shape index (κ2) is 4.82. The summed E-state index contributed by atoms with van der Waals surface area (Å²) in [6, 6.07) is 7.23. The molecule has 1 aromatic rings. The number of halogens is 1. The highest BCUT2D eigenvalue weighted by Crippen LogP contribution is 2.17. The lowest BCUT2D eigenvalue weighted by atomic mass is 10.1. The molecule has 3 heteroatoms. The molecule has 0 radical (unpaired) electrons. The maximum Gasteiger partial charge on any atom is 0.152 e. The fourth-order valence-electron chi connectivity index (χ4n) is 1.12. The van der Waals surface area contributed by atoms with Crippen LogP contribution in [0.25, 0.3) is 5.57 Å². The molecule has 0 aliphatic carbocycles. The van der Waals surface area contributed by atoms with Crippen LogP contribution in [0.1, 0.15) is 5.56 Å². The highest BCUT2D eigenvalue weighted by Gasteiger charge is 2.00. The van der Waals surface area contributed by atoms with Gasteiger partial charge in [-0.25, -0.2) is 0 Å².